The first-order valence-electron chi connectivity index (χ1n) is 5.65. The molecule has 3 nitrogen and oxygen atoms in total. The molecule has 0 spiro atoms. The lowest BCUT2D eigenvalue weighted by atomic mass is 10.1. The van der Waals surface area contributed by atoms with Crippen LogP contribution in [0, 0.1) is 13.8 Å². The first-order chi connectivity index (χ1) is 7.50. The Bertz CT molecular complexity index is 348. The zero-order valence-electron chi connectivity index (χ0n) is 10.7. The van der Waals surface area contributed by atoms with E-state index in [0.29, 0.717) is 6.61 Å². The summed E-state index contributed by atoms with van der Waals surface area (Å²) in [5.41, 5.74) is 9.05. The highest BCUT2D eigenvalue weighted by atomic mass is 16.5. The normalized spacial score (nSPS) is 10.8. The molecule has 0 aliphatic carbocycles. The van der Waals surface area contributed by atoms with Crippen LogP contribution in [0.15, 0.2) is 12.1 Å². The summed E-state index contributed by atoms with van der Waals surface area (Å²) in [6, 6.07) is 3.98. The lowest BCUT2D eigenvalue weighted by Crippen LogP contribution is -2.15. The Morgan fingerprint density at radius 1 is 1.19 bits per heavy atom. The van der Waals surface area contributed by atoms with Crippen molar-refractivity contribution in [2.75, 3.05) is 33.0 Å². The summed E-state index contributed by atoms with van der Waals surface area (Å²) in [5, 5.41) is 0. The van der Waals surface area contributed by atoms with Gasteiger partial charge in [-0.15, -0.1) is 0 Å². The lowest BCUT2D eigenvalue weighted by molar-refractivity contribution is 0.282. The van der Waals surface area contributed by atoms with Crippen molar-refractivity contribution in [3.05, 3.63) is 23.3 Å². The Hall–Kier alpha value is -1.22. The number of benzene rings is 1. The number of hydrogen-bond acceptors (Lipinski definition) is 3. The van der Waals surface area contributed by atoms with Crippen LogP contribution in [0.1, 0.15) is 17.5 Å². The summed E-state index contributed by atoms with van der Waals surface area (Å²) in [5.74, 6) is 0.807. The largest absolute Gasteiger partial charge is 0.491 e. The monoisotopic (exact) mass is 222 g/mol. The standard InChI is InChI=1S/C13H22N2O/c1-10-8-12(14)13(9-11(10)2)16-7-5-6-15(3)4/h8-9H,5-7,14H2,1-4H3. The molecule has 3 heteroatoms. The second-order valence-electron chi connectivity index (χ2n) is 4.48. The maximum Gasteiger partial charge on any atom is 0.142 e. The van der Waals surface area contributed by atoms with Crippen LogP contribution in [0.5, 0.6) is 5.75 Å². The van der Waals surface area contributed by atoms with E-state index in [-0.39, 0.29) is 0 Å². The summed E-state index contributed by atoms with van der Waals surface area (Å²) in [6.07, 6.45) is 1.01. The van der Waals surface area contributed by atoms with Crippen molar-refractivity contribution >= 4 is 5.69 Å². The number of nitrogens with zero attached hydrogens (tertiary/aromatic N) is 1. The molecule has 1 rings (SSSR count). The molecule has 0 aliphatic rings. The number of nitrogen functional groups attached to an aromatic ring is 1. The van der Waals surface area contributed by atoms with E-state index in [9.17, 15) is 0 Å². The first kappa shape index (κ1) is 12.8. The Balaban J connectivity index is 2.51. The van der Waals surface area contributed by atoms with Crippen molar-refractivity contribution in [1.29, 1.82) is 0 Å². The van der Waals surface area contributed by atoms with E-state index in [0.717, 1.165) is 24.4 Å². The van der Waals surface area contributed by atoms with E-state index < -0.39 is 0 Å². The fraction of sp³-hybridized carbons (Fsp3) is 0.538. The molecular weight excluding hydrogens is 200 g/mol. The van der Waals surface area contributed by atoms with Gasteiger partial charge in [0.05, 0.1) is 12.3 Å². The van der Waals surface area contributed by atoms with Crippen LogP contribution >= 0.6 is 0 Å². The second-order valence-corrected chi connectivity index (χ2v) is 4.48. The van der Waals surface area contributed by atoms with E-state index in [1.54, 1.807) is 0 Å². The highest BCUT2D eigenvalue weighted by Gasteiger charge is 2.03. The third kappa shape index (κ3) is 3.74. The fourth-order valence-electron chi connectivity index (χ4n) is 1.50. The summed E-state index contributed by atoms with van der Waals surface area (Å²) >= 11 is 0. The molecule has 0 fully saturated rings. The molecular formula is C13H22N2O. The number of aryl methyl sites for hydroxylation is 2. The van der Waals surface area contributed by atoms with Gasteiger partial charge in [-0.3, -0.25) is 0 Å². The van der Waals surface area contributed by atoms with Gasteiger partial charge in [-0.25, -0.2) is 0 Å². The van der Waals surface area contributed by atoms with Crippen molar-refractivity contribution in [3.8, 4) is 5.75 Å². The molecule has 16 heavy (non-hydrogen) atoms. The third-order valence-electron chi connectivity index (χ3n) is 2.63. The Morgan fingerprint density at radius 2 is 1.81 bits per heavy atom. The molecule has 0 aromatic heterocycles. The van der Waals surface area contributed by atoms with Gasteiger partial charge in [0.15, 0.2) is 0 Å². The van der Waals surface area contributed by atoms with Crippen LogP contribution in [-0.2, 0) is 0 Å². The first-order valence-corrected chi connectivity index (χ1v) is 5.65. The number of hydrogen-bond donors (Lipinski definition) is 1. The highest BCUT2D eigenvalue weighted by Crippen LogP contribution is 2.25. The van der Waals surface area contributed by atoms with Crippen LogP contribution < -0.4 is 10.5 Å². The molecule has 0 saturated heterocycles. The molecule has 0 saturated carbocycles. The van der Waals surface area contributed by atoms with Gasteiger partial charge in [0.1, 0.15) is 5.75 Å². The molecule has 0 heterocycles. The molecule has 0 unspecified atom stereocenters. The maximum absolute atomic E-state index is 5.90. The quantitative estimate of drug-likeness (QED) is 0.613. The van der Waals surface area contributed by atoms with Crippen molar-refractivity contribution < 1.29 is 4.74 Å². The van der Waals surface area contributed by atoms with Crippen LogP contribution in [0.25, 0.3) is 0 Å². The molecule has 0 radical (unpaired) electrons. The fourth-order valence-corrected chi connectivity index (χ4v) is 1.50. The van der Waals surface area contributed by atoms with Crippen LogP contribution in [0.4, 0.5) is 5.69 Å². The van der Waals surface area contributed by atoms with E-state index in [1.807, 2.05) is 12.1 Å². The molecule has 1 aromatic rings. The van der Waals surface area contributed by atoms with Crippen molar-refractivity contribution in [2.24, 2.45) is 0 Å². The average molecular weight is 222 g/mol. The number of anilines is 1. The van der Waals surface area contributed by atoms with Gasteiger partial charge in [0, 0.05) is 6.54 Å². The molecule has 90 valence electrons. The smallest absolute Gasteiger partial charge is 0.142 e. The van der Waals surface area contributed by atoms with Gasteiger partial charge in [0.2, 0.25) is 0 Å². The summed E-state index contributed by atoms with van der Waals surface area (Å²) in [6.45, 7) is 5.87. The van der Waals surface area contributed by atoms with Gasteiger partial charge in [0.25, 0.3) is 0 Å². The summed E-state index contributed by atoms with van der Waals surface area (Å²) < 4.78 is 5.67. The molecule has 0 amide bonds. The third-order valence-corrected chi connectivity index (χ3v) is 2.63. The topological polar surface area (TPSA) is 38.5 Å². The zero-order chi connectivity index (χ0) is 12.1. The Morgan fingerprint density at radius 3 is 2.44 bits per heavy atom. The van der Waals surface area contributed by atoms with Gasteiger partial charge < -0.3 is 15.4 Å². The Labute approximate surface area is 98.2 Å². The molecule has 0 bridgehead atoms. The SMILES string of the molecule is Cc1cc(N)c(OCCCN(C)C)cc1C. The molecule has 2 N–H and O–H groups in total. The number of ether oxygens (including phenoxy) is 1. The predicted molar refractivity (Wildman–Crippen MR) is 69.0 cm³/mol. The Kier molecular flexibility index (Phi) is 4.62. The van der Waals surface area contributed by atoms with Crippen LogP contribution in [-0.4, -0.2) is 32.1 Å². The number of nitrogens with two attached hydrogens (primary N) is 1. The second kappa shape index (κ2) is 5.75. The van der Waals surface area contributed by atoms with E-state index in [1.165, 1.54) is 11.1 Å². The number of rotatable bonds is 5. The van der Waals surface area contributed by atoms with E-state index in [4.69, 9.17) is 10.5 Å². The predicted octanol–water partition coefficient (Wildman–Crippen LogP) is 2.22. The highest BCUT2D eigenvalue weighted by molar-refractivity contribution is 5.56. The maximum atomic E-state index is 5.90. The minimum Gasteiger partial charge on any atom is -0.491 e. The summed E-state index contributed by atoms with van der Waals surface area (Å²) in [4.78, 5) is 2.15. The molecule has 0 atom stereocenters. The lowest BCUT2D eigenvalue weighted by Gasteiger charge is -2.13. The molecule has 0 aliphatic heterocycles. The molecule has 1 aromatic carbocycles. The van der Waals surface area contributed by atoms with Crippen molar-refractivity contribution in [2.45, 2.75) is 20.3 Å². The zero-order valence-corrected chi connectivity index (χ0v) is 10.7. The van der Waals surface area contributed by atoms with Crippen LogP contribution in [0.2, 0.25) is 0 Å². The minimum atomic E-state index is 0.713. The van der Waals surface area contributed by atoms with Crippen LogP contribution in [0.3, 0.4) is 0 Å². The van der Waals surface area contributed by atoms with Gasteiger partial charge >= 0.3 is 0 Å². The van der Waals surface area contributed by atoms with Crippen molar-refractivity contribution in [1.82, 2.24) is 4.90 Å². The van der Waals surface area contributed by atoms with Crippen molar-refractivity contribution in [3.63, 3.8) is 0 Å². The van der Waals surface area contributed by atoms with Gasteiger partial charge in [-0.2, -0.15) is 0 Å². The van der Waals surface area contributed by atoms with Gasteiger partial charge in [-0.05, 0) is 57.6 Å². The van der Waals surface area contributed by atoms with E-state index in [2.05, 4.69) is 32.8 Å². The summed E-state index contributed by atoms with van der Waals surface area (Å²) in [7, 11) is 4.12. The average Bonchev–Trinajstić information content (AvgIpc) is 2.19. The minimum absolute atomic E-state index is 0.713. The van der Waals surface area contributed by atoms with E-state index >= 15 is 0 Å². The van der Waals surface area contributed by atoms with Gasteiger partial charge in [-0.1, -0.05) is 0 Å².